The fourth-order valence-corrected chi connectivity index (χ4v) is 1.63. The molecule has 6 nitrogen and oxygen atoms in total. The van der Waals surface area contributed by atoms with Crippen LogP contribution < -0.4 is 4.74 Å². The van der Waals surface area contributed by atoms with Crippen LogP contribution in [0.1, 0.15) is 12.8 Å². The quantitative estimate of drug-likeness (QED) is 0.746. The van der Waals surface area contributed by atoms with Gasteiger partial charge in [-0.3, -0.25) is 0 Å². The second-order valence-corrected chi connectivity index (χ2v) is 3.72. The van der Waals surface area contributed by atoms with E-state index in [9.17, 15) is 0 Å². The van der Waals surface area contributed by atoms with Crippen LogP contribution in [-0.4, -0.2) is 27.3 Å². The maximum atomic E-state index is 8.52. The zero-order valence-corrected chi connectivity index (χ0v) is 10.1. The Morgan fingerprint density at radius 1 is 1.44 bits per heavy atom. The van der Waals surface area contributed by atoms with Gasteiger partial charge in [-0.25, -0.2) is 4.68 Å². The van der Waals surface area contributed by atoms with Crippen molar-refractivity contribution < 1.29 is 4.74 Å². The van der Waals surface area contributed by atoms with Crippen LogP contribution in [0.4, 0.5) is 0 Å². The summed E-state index contributed by atoms with van der Waals surface area (Å²) in [6.45, 7) is 0.632. The first-order valence-electron chi connectivity index (χ1n) is 5.62. The van der Waals surface area contributed by atoms with Crippen LogP contribution in [0.3, 0.4) is 0 Å². The number of methoxy groups -OCH3 is 1. The molecule has 1 heterocycles. The normalized spacial score (nSPS) is 10.0. The number of tetrazole rings is 1. The van der Waals surface area contributed by atoms with Crippen molar-refractivity contribution in [3.8, 4) is 23.2 Å². The van der Waals surface area contributed by atoms with E-state index in [1.54, 1.807) is 11.8 Å². The number of hydrogen-bond acceptors (Lipinski definition) is 5. The van der Waals surface area contributed by atoms with Crippen molar-refractivity contribution in [2.75, 3.05) is 7.11 Å². The first-order chi connectivity index (χ1) is 8.85. The molecule has 0 aliphatic rings. The molecule has 0 unspecified atom stereocenters. The summed E-state index contributed by atoms with van der Waals surface area (Å²) in [6.07, 6.45) is 1.23. The highest BCUT2D eigenvalue weighted by Gasteiger charge is 2.09. The van der Waals surface area contributed by atoms with Gasteiger partial charge in [0.2, 0.25) is 0 Å². The van der Waals surface area contributed by atoms with E-state index in [1.807, 2.05) is 24.3 Å². The molecule has 92 valence electrons. The van der Waals surface area contributed by atoms with Gasteiger partial charge in [-0.2, -0.15) is 5.26 Å². The van der Waals surface area contributed by atoms with Crippen LogP contribution in [0.5, 0.6) is 5.75 Å². The van der Waals surface area contributed by atoms with Gasteiger partial charge in [0.25, 0.3) is 0 Å². The molecule has 0 atom stereocenters. The topological polar surface area (TPSA) is 76.6 Å². The first-order valence-corrected chi connectivity index (χ1v) is 5.62. The van der Waals surface area contributed by atoms with E-state index >= 15 is 0 Å². The summed E-state index contributed by atoms with van der Waals surface area (Å²) in [5.74, 6) is 1.45. The van der Waals surface area contributed by atoms with Crippen LogP contribution >= 0.6 is 0 Å². The molecule has 1 aromatic carbocycles. The van der Waals surface area contributed by atoms with Crippen molar-refractivity contribution >= 4 is 0 Å². The highest BCUT2D eigenvalue weighted by atomic mass is 16.5. The summed E-state index contributed by atoms with van der Waals surface area (Å²) < 4.78 is 6.87. The maximum absolute atomic E-state index is 8.52. The average molecular weight is 243 g/mol. The minimum absolute atomic E-state index is 0.497. The third-order valence-corrected chi connectivity index (χ3v) is 2.52. The van der Waals surface area contributed by atoms with Gasteiger partial charge < -0.3 is 4.74 Å². The van der Waals surface area contributed by atoms with Crippen molar-refractivity contribution in [3.05, 3.63) is 24.3 Å². The molecule has 0 saturated carbocycles. The van der Waals surface area contributed by atoms with Crippen molar-refractivity contribution in [3.63, 3.8) is 0 Å². The lowest BCUT2D eigenvalue weighted by atomic mass is 10.2. The molecular formula is C12H13N5O. The fraction of sp³-hybridized carbons (Fsp3) is 0.333. The predicted molar refractivity (Wildman–Crippen MR) is 64.7 cm³/mol. The minimum atomic E-state index is 0.497. The fourth-order valence-electron chi connectivity index (χ4n) is 1.63. The van der Waals surface area contributed by atoms with Crippen molar-refractivity contribution in [1.29, 1.82) is 5.26 Å². The Bertz CT molecular complexity index is 558. The van der Waals surface area contributed by atoms with E-state index in [2.05, 4.69) is 21.6 Å². The molecule has 0 aliphatic heterocycles. The van der Waals surface area contributed by atoms with E-state index in [-0.39, 0.29) is 0 Å². The van der Waals surface area contributed by atoms with Crippen molar-refractivity contribution in [2.24, 2.45) is 0 Å². The van der Waals surface area contributed by atoms with E-state index in [4.69, 9.17) is 10.00 Å². The van der Waals surface area contributed by atoms with E-state index in [1.165, 1.54) is 0 Å². The molecule has 2 aromatic rings. The number of aryl methyl sites for hydroxylation is 1. The molecule has 0 bridgehead atoms. The summed E-state index contributed by atoms with van der Waals surface area (Å²) in [5, 5.41) is 20.1. The molecule has 0 fully saturated rings. The zero-order chi connectivity index (χ0) is 12.8. The number of nitriles is 1. The third kappa shape index (κ3) is 2.63. The molecule has 0 saturated heterocycles. The number of ether oxygens (including phenoxy) is 1. The van der Waals surface area contributed by atoms with E-state index < -0.39 is 0 Å². The Morgan fingerprint density at radius 3 is 3.11 bits per heavy atom. The second-order valence-electron chi connectivity index (χ2n) is 3.72. The standard InChI is InChI=1S/C12H13N5O/c1-18-11-6-4-5-10(9-11)12-14-15-16-17(12)8-3-2-7-13/h4-6,9H,2-3,8H2,1H3. The molecule has 2 rings (SSSR count). The van der Waals surface area contributed by atoms with Crippen molar-refractivity contribution in [2.45, 2.75) is 19.4 Å². The molecule has 6 heteroatoms. The molecule has 0 N–H and O–H groups in total. The third-order valence-electron chi connectivity index (χ3n) is 2.52. The number of hydrogen-bond donors (Lipinski definition) is 0. The van der Waals surface area contributed by atoms with Crippen LogP contribution in [0.2, 0.25) is 0 Å². The van der Waals surface area contributed by atoms with Crippen LogP contribution in [0.25, 0.3) is 11.4 Å². The van der Waals surface area contributed by atoms with Gasteiger partial charge in [0.1, 0.15) is 5.75 Å². The minimum Gasteiger partial charge on any atom is -0.497 e. The number of benzene rings is 1. The van der Waals surface area contributed by atoms with E-state index in [0.29, 0.717) is 18.8 Å². The van der Waals surface area contributed by atoms with Crippen molar-refractivity contribution in [1.82, 2.24) is 20.2 Å². The monoisotopic (exact) mass is 243 g/mol. The smallest absolute Gasteiger partial charge is 0.182 e. The second kappa shape index (κ2) is 5.77. The number of nitrogens with zero attached hydrogens (tertiary/aromatic N) is 5. The van der Waals surface area contributed by atoms with Crippen LogP contribution in [-0.2, 0) is 6.54 Å². The lowest BCUT2D eigenvalue weighted by Crippen LogP contribution is -2.03. The molecule has 0 spiro atoms. The van der Waals surface area contributed by atoms with Crippen LogP contribution in [0, 0.1) is 11.3 Å². The summed E-state index contributed by atoms with van der Waals surface area (Å²) >= 11 is 0. The maximum Gasteiger partial charge on any atom is 0.182 e. The molecule has 0 amide bonds. The highest BCUT2D eigenvalue weighted by Crippen LogP contribution is 2.21. The lowest BCUT2D eigenvalue weighted by Gasteiger charge is -2.05. The average Bonchev–Trinajstić information content (AvgIpc) is 2.87. The Labute approximate surface area is 105 Å². The molecule has 18 heavy (non-hydrogen) atoms. The SMILES string of the molecule is COc1cccc(-c2nnnn2CCCC#N)c1. The Morgan fingerprint density at radius 2 is 2.33 bits per heavy atom. The largest absolute Gasteiger partial charge is 0.497 e. The summed E-state index contributed by atoms with van der Waals surface area (Å²) in [6, 6.07) is 9.67. The molecule has 0 radical (unpaired) electrons. The van der Waals surface area contributed by atoms with Gasteiger partial charge in [-0.15, -0.1) is 5.10 Å². The summed E-state index contributed by atoms with van der Waals surface area (Å²) in [7, 11) is 1.62. The van der Waals surface area contributed by atoms with Gasteiger partial charge in [-0.1, -0.05) is 12.1 Å². The Hall–Kier alpha value is -2.42. The Balaban J connectivity index is 2.22. The van der Waals surface area contributed by atoms with Gasteiger partial charge in [0.15, 0.2) is 5.82 Å². The summed E-state index contributed by atoms with van der Waals surface area (Å²) in [4.78, 5) is 0. The zero-order valence-electron chi connectivity index (χ0n) is 10.1. The Kier molecular flexibility index (Phi) is 3.86. The summed E-state index contributed by atoms with van der Waals surface area (Å²) in [5.41, 5.74) is 0.899. The number of rotatable bonds is 5. The van der Waals surface area contributed by atoms with Gasteiger partial charge >= 0.3 is 0 Å². The lowest BCUT2D eigenvalue weighted by molar-refractivity contribution is 0.415. The van der Waals surface area contributed by atoms with Gasteiger partial charge in [0, 0.05) is 18.5 Å². The van der Waals surface area contributed by atoms with E-state index in [0.717, 1.165) is 17.7 Å². The highest BCUT2D eigenvalue weighted by molar-refractivity contribution is 5.57. The van der Waals surface area contributed by atoms with Crippen LogP contribution in [0.15, 0.2) is 24.3 Å². The molecule has 0 aliphatic carbocycles. The predicted octanol–water partition coefficient (Wildman–Crippen LogP) is 1.65. The molecule has 1 aromatic heterocycles. The van der Waals surface area contributed by atoms with Gasteiger partial charge in [0.05, 0.1) is 13.2 Å². The number of aromatic nitrogens is 4. The first kappa shape index (κ1) is 12.0. The van der Waals surface area contributed by atoms with Gasteiger partial charge in [-0.05, 0) is 29.0 Å². The molecular weight excluding hydrogens is 230 g/mol. The number of unbranched alkanes of at least 4 members (excludes halogenated alkanes) is 1.